The topological polar surface area (TPSA) is 96.3 Å². The van der Waals surface area contributed by atoms with E-state index in [1.807, 2.05) is 19.2 Å². The molecule has 2 amide bonds. The summed E-state index contributed by atoms with van der Waals surface area (Å²) in [5.74, 6) is -0.720. The third-order valence-corrected chi connectivity index (χ3v) is 3.78. The molecule has 0 radical (unpaired) electrons. The molecule has 0 unspecified atom stereocenters. The van der Waals surface area contributed by atoms with Crippen LogP contribution in [0.4, 0.5) is 0 Å². The molecule has 0 saturated heterocycles. The lowest BCUT2D eigenvalue weighted by Gasteiger charge is -2.11. The van der Waals surface area contributed by atoms with Crippen molar-refractivity contribution in [2.75, 3.05) is 6.54 Å². The fourth-order valence-electron chi connectivity index (χ4n) is 1.54. The van der Waals surface area contributed by atoms with Crippen molar-refractivity contribution in [2.45, 2.75) is 19.9 Å². The molecular weight excluding hydrogens is 292 g/mol. The number of rotatable bonds is 5. The highest BCUT2D eigenvalue weighted by atomic mass is 32.1. The van der Waals surface area contributed by atoms with Crippen molar-refractivity contribution in [2.24, 2.45) is 0 Å². The van der Waals surface area contributed by atoms with Gasteiger partial charge in [0.05, 0.1) is 18.8 Å². The minimum Gasteiger partial charge on any atom is -0.459 e. The van der Waals surface area contributed by atoms with Crippen LogP contribution in [0.15, 0.2) is 28.2 Å². The van der Waals surface area contributed by atoms with Crippen LogP contribution in [0, 0.1) is 6.92 Å². The van der Waals surface area contributed by atoms with Gasteiger partial charge in [0.25, 0.3) is 5.91 Å². The lowest BCUT2D eigenvalue weighted by atomic mass is 10.3. The zero-order valence-electron chi connectivity index (χ0n) is 11.7. The van der Waals surface area contributed by atoms with E-state index in [9.17, 15) is 9.59 Å². The van der Waals surface area contributed by atoms with Gasteiger partial charge in [0.1, 0.15) is 5.01 Å². The average Bonchev–Trinajstić information content (AvgIpc) is 3.13. The molecule has 1 atom stereocenters. The van der Waals surface area contributed by atoms with Crippen LogP contribution < -0.4 is 16.2 Å². The second-order valence-corrected chi connectivity index (χ2v) is 5.30. The van der Waals surface area contributed by atoms with E-state index in [0.717, 1.165) is 10.7 Å². The number of hydrogen-bond donors (Lipinski definition) is 3. The Morgan fingerprint density at radius 2 is 2.24 bits per heavy atom. The third kappa shape index (κ3) is 4.40. The molecule has 112 valence electrons. The molecule has 0 aliphatic heterocycles. The molecule has 2 rings (SSSR count). The summed E-state index contributed by atoms with van der Waals surface area (Å²) in [7, 11) is 0. The van der Waals surface area contributed by atoms with Gasteiger partial charge in [-0.3, -0.25) is 25.8 Å². The Kier molecular flexibility index (Phi) is 5.07. The maximum atomic E-state index is 11.6. The minimum absolute atomic E-state index is 0.0322. The van der Waals surface area contributed by atoms with Crippen molar-refractivity contribution in [1.29, 1.82) is 0 Å². The highest BCUT2D eigenvalue weighted by Crippen LogP contribution is 2.16. The lowest BCUT2D eigenvalue weighted by Crippen LogP contribution is -2.45. The molecule has 2 aromatic heterocycles. The van der Waals surface area contributed by atoms with Gasteiger partial charge in [-0.05, 0) is 26.0 Å². The molecule has 0 fully saturated rings. The van der Waals surface area contributed by atoms with E-state index in [1.165, 1.54) is 23.7 Å². The normalized spacial score (nSPS) is 11.9. The summed E-state index contributed by atoms with van der Waals surface area (Å²) in [6.07, 6.45) is 1.38. The Balaban J connectivity index is 1.71. The van der Waals surface area contributed by atoms with Gasteiger partial charge in [-0.2, -0.15) is 0 Å². The van der Waals surface area contributed by atoms with Gasteiger partial charge >= 0.3 is 5.91 Å². The molecule has 0 bridgehead atoms. The summed E-state index contributed by atoms with van der Waals surface area (Å²) in [5, 5.41) is 5.90. The van der Waals surface area contributed by atoms with Crippen LogP contribution >= 0.6 is 11.3 Å². The molecule has 0 aromatic carbocycles. The fourth-order valence-corrected chi connectivity index (χ4v) is 2.37. The SMILES string of the molecule is Cc1csc([C@@H](C)NCC(=O)NNC(=O)c2ccco2)n1. The quantitative estimate of drug-likeness (QED) is 0.720. The van der Waals surface area contributed by atoms with Gasteiger partial charge in [-0.25, -0.2) is 4.98 Å². The Labute approximate surface area is 125 Å². The third-order valence-electron chi connectivity index (χ3n) is 2.64. The molecule has 21 heavy (non-hydrogen) atoms. The van der Waals surface area contributed by atoms with Gasteiger partial charge in [0.2, 0.25) is 0 Å². The highest BCUT2D eigenvalue weighted by Gasteiger charge is 2.12. The van der Waals surface area contributed by atoms with Gasteiger partial charge in [-0.1, -0.05) is 0 Å². The zero-order chi connectivity index (χ0) is 15.2. The van der Waals surface area contributed by atoms with Crippen molar-refractivity contribution in [1.82, 2.24) is 21.2 Å². The van der Waals surface area contributed by atoms with Crippen molar-refractivity contribution in [3.8, 4) is 0 Å². The number of nitrogens with zero attached hydrogens (tertiary/aromatic N) is 1. The van der Waals surface area contributed by atoms with Crippen LogP contribution in [0.2, 0.25) is 0 Å². The van der Waals surface area contributed by atoms with E-state index in [-0.39, 0.29) is 24.3 Å². The molecule has 7 nitrogen and oxygen atoms in total. The van der Waals surface area contributed by atoms with Crippen molar-refractivity contribution >= 4 is 23.2 Å². The number of nitrogens with one attached hydrogen (secondary N) is 3. The first-order valence-corrected chi connectivity index (χ1v) is 7.22. The Bertz CT molecular complexity index is 609. The number of furan rings is 1. The van der Waals surface area contributed by atoms with Crippen molar-refractivity contribution in [3.63, 3.8) is 0 Å². The summed E-state index contributed by atoms with van der Waals surface area (Å²) in [6.45, 7) is 3.91. The van der Waals surface area contributed by atoms with Crippen LogP contribution in [-0.2, 0) is 4.79 Å². The Hall–Kier alpha value is -2.19. The number of amides is 2. The van der Waals surface area contributed by atoms with Crippen LogP contribution in [0.3, 0.4) is 0 Å². The number of thiazole rings is 1. The summed E-state index contributed by atoms with van der Waals surface area (Å²) in [5.41, 5.74) is 5.53. The van der Waals surface area contributed by atoms with Crippen LogP contribution in [0.25, 0.3) is 0 Å². The summed E-state index contributed by atoms with van der Waals surface area (Å²) < 4.78 is 4.90. The molecule has 8 heteroatoms. The van der Waals surface area contributed by atoms with Crippen LogP contribution in [0.1, 0.15) is 34.2 Å². The second-order valence-electron chi connectivity index (χ2n) is 4.41. The van der Waals surface area contributed by atoms with Crippen LogP contribution in [-0.4, -0.2) is 23.3 Å². The van der Waals surface area contributed by atoms with Gasteiger partial charge in [0.15, 0.2) is 5.76 Å². The molecule has 0 aliphatic carbocycles. The first kappa shape index (κ1) is 15.2. The predicted molar refractivity (Wildman–Crippen MR) is 77.6 cm³/mol. The molecule has 0 aliphatic rings. The second kappa shape index (κ2) is 7.00. The van der Waals surface area contributed by atoms with E-state index < -0.39 is 5.91 Å². The highest BCUT2D eigenvalue weighted by molar-refractivity contribution is 7.09. The number of hydrogen-bond acceptors (Lipinski definition) is 6. The maximum Gasteiger partial charge on any atom is 0.305 e. The Morgan fingerprint density at radius 3 is 2.86 bits per heavy atom. The number of aromatic nitrogens is 1. The summed E-state index contributed by atoms with van der Waals surface area (Å²) in [4.78, 5) is 27.5. The first-order valence-electron chi connectivity index (χ1n) is 6.34. The van der Waals surface area contributed by atoms with E-state index in [4.69, 9.17) is 4.42 Å². The predicted octanol–water partition coefficient (Wildman–Crippen LogP) is 1.16. The fraction of sp³-hybridized carbons (Fsp3) is 0.308. The largest absolute Gasteiger partial charge is 0.459 e. The Morgan fingerprint density at radius 1 is 1.43 bits per heavy atom. The number of aryl methyl sites for hydroxylation is 1. The van der Waals surface area contributed by atoms with Crippen LogP contribution in [0.5, 0.6) is 0 Å². The number of hydrazine groups is 1. The smallest absolute Gasteiger partial charge is 0.305 e. The van der Waals surface area contributed by atoms with E-state index in [0.29, 0.717) is 0 Å². The molecule has 3 N–H and O–H groups in total. The number of carbonyl (C=O) groups is 2. The molecule has 2 aromatic rings. The van der Waals surface area contributed by atoms with Crippen molar-refractivity contribution in [3.05, 3.63) is 40.2 Å². The molecule has 0 spiro atoms. The summed E-state index contributed by atoms with van der Waals surface area (Å²) in [6, 6.07) is 3.07. The minimum atomic E-state index is -0.503. The van der Waals surface area contributed by atoms with Crippen molar-refractivity contribution < 1.29 is 14.0 Å². The average molecular weight is 308 g/mol. The van der Waals surface area contributed by atoms with Gasteiger partial charge in [0, 0.05) is 11.1 Å². The maximum absolute atomic E-state index is 11.6. The summed E-state index contributed by atoms with van der Waals surface area (Å²) >= 11 is 1.54. The van der Waals surface area contributed by atoms with Gasteiger partial charge in [-0.15, -0.1) is 11.3 Å². The molecular formula is C13H16N4O3S. The molecule has 2 heterocycles. The van der Waals surface area contributed by atoms with E-state index >= 15 is 0 Å². The first-order chi connectivity index (χ1) is 10.1. The monoisotopic (exact) mass is 308 g/mol. The molecule has 0 saturated carbocycles. The lowest BCUT2D eigenvalue weighted by molar-refractivity contribution is -0.121. The standard InChI is InChI=1S/C13H16N4O3S/c1-8-7-21-13(15-8)9(2)14-6-11(18)16-17-12(19)10-4-3-5-20-10/h3-5,7,9,14H,6H2,1-2H3,(H,16,18)(H,17,19)/t9-/m1/s1. The van der Waals surface area contributed by atoms with Gasteiger partial charge < -0.3 is 4.42 Å². The zero-order valence-corrected chi connectivity index (χ0v) is 12.5. The number of carbonyl (C=O) groups excluding carboxylic acids is 2. The van der Waals surface area contributed by atoms with E-state index in [2.05, 4.69) is 21.2 Å². The van der Waals surface area contributed by atoms with E-state index in [1.54, 1.807) is 6.07 Å².